The zero-order valence-corrected chi connectivity index (χ0v) is 20.3. The molecule has 0 atom stereocenters. The van der Waals surface area contributed by atoms with Crippen LogP contribution in [0, 0.1) is 0 Å². The number of alkyl halides is 3. The number of benzene rings is 3. The van der Waals surface area contributed by atoms with Gasteiger partial charge in [-0.15, -0.1) is 0 Å². The van der Waals surface area contributed by atoms with Gasteiger partial charge in [0.1, 0.15) is 17.3 Å². The highest BCUT2D eigenvalue weighted by atomic mass is 19.4. The summed E-state index contributed by atoms with van der Waals surface area (Å²) in [6.45, 7) is 0.959. The van der Waals surface area contributed by atoms with Crippen molar-refractivity contribution in [1.29, 1.82) is 0 Å². The average Bonchev–Trinajstić information content (AvgIpc) is 3.36. The van der Waals surface area contributed by atoms with E-state index in [1.807, 2.05) is 6.07 Å². The molecule has 0 spiro atoms. The number of hydrogen-bond donors (Lipinski definition) is 1. The Morgan fingerprint density at radius 1 is 0.947 bits per heavy atom. The molecule has 1 aromatic heterocycles. The van der Waals surface area contributed by atoms with Gasteiger partial charge in [0.2, 0.25) is 0 Å². The van der Waals surface area contributed by atoms with Crippen molar-refractivity contribution in [3.63, 3.8) is 0 Å². The lowest BCUT2D eigenvalue weighted by molar-refractivity contribution is -0.137. The Kier molecular flexibility index (Phi) is 6.67. The number of furan rings is 1. The minimum Gasteiger partial charge on any atom is -0.497 e. The molecule has 0 fully saturated rings. The van der Waals surface area contributed by atoms with Crippen LogP contribution in [0.2, 0.25) is 0 Å². The summed E-state index contributed by atoms with van der Waals surface area (Å²) in [4.78, 5) is 27.2. The van der Waals surface area contributed by atoms with E-state index in [0.717, 1.165) is 41.2 Å². The molecule has 1 aliphatic rings. The van der Waals surface area contributed by atoms with Crippen molar-refractivity contribution >= 4 is 17.5 Å². The maximum atomic E-state index is 13.0. The molecular weight excluding hydrogens is 497 g/mol. The van der Waals surface area contributed by atoms with E-state index in [1.165, 1.54) is 0 Å². The fourth-order valence-electron chi connectivity index (χ4n) is 4.32. The number of nitrogens with zero attached hydrogens (tertiary/aromatic N) is 1. The van der Waals surface area contributed by atoms with Crippen LogP contribution in [0.15, 0.2) is 83.3 Å². The number of fused-ring (bicyclic) bond motifs is 1. The number of carbonyl (C=O) groups is 2. The number of methoxy groups -OCH3 is 1. The second-order valence-electron chi connectivity index (χ2n) is 8.87. The van der Waals surface area contributed by atoms with Gasteiger partial charge in [0.15, 0.2) is 0 Å². The number of nitrogens with one attached hydrogen (secondary N) is 1. The van der Waals surface area contributed by atoms with Crippen LogP contribution >= 0.6 is 0 Å². The van der Waals surface area contributed by atoms with Crippen LogP contribution in [-0.2, 0) is 19.1 Å². The molecular formula is C29H23F3N2O4. The Morgan fingerprint density at radius 3 is 2.37 bits per heavy atom. The van der Waals surface area contributed by atoms with Gasteiger partial charge in [-0.3, -0.25) is 9.59 Å². The SMILES string of the molecule is COc1cccc(C(=O)N2CCc3oc(-c4ccc(NC(=O)c5ccc(C(F)(F)F)cc5)cc4)cc3C2)c1. The highest BCUT2D eigenvalue weighted by Gasteiger charge is 2.30. The summed E-state index contributed by atoms with van der Waals surface area (Å²) < 4.78 is 49.5. The smallest absolute Gasteiger partial charge is 0.416 e. The van der Waals surface area contributed by atoms with Crippen molar-refractivity contribution in [3.05, 3.63) is 107 Å². The van der Waals surface area contributed by atoms with E-state index < -0.39 is 17.6 Å². The molecule has 1 N–H and O–H groups in total. The fourth-order valence-corrected chi connectivity index (χ4v) is 4.32. The molecule has 0 aliphatic carbocycles. The van der Waals surface area contributed by atoms with Gasteiger partial charge in [-0.1, -0.05) is 6.07 Å². The van der Waals surface area contributed by atoms with Gasteiger partial charge in [-0.2, -0.15) is 13.2 Å². The summed E-state index contributed by atoms with van der Waals surface area (Å²) in [5.74, 6) is 1.50. The third-order valence-corrected chi connectivity index (χ3v) is 6.37. The predicted molar refractivity (Wildman–Crippen MR) is 135 cm³/mol. The minimum atomic E-state index is -4.46. The Labute approximate surface area is 216 Å². The van der Waals surface area contributed by atoms with E-state index in [4.69, 9.17) is 9.15 Å². The highest BCUT2D eigenvalue weighted by Crippen LogP contribution is 2.32. The first kappa shape index (κ1) is 25.1. The van der Waals surface area contributed by atoms with E-state index in [-0.39, 0.29) is 11.5 Å². The highest BCUT2D eigenvalue weighted by molar-refractivity contribution is 6.04. The first-order valence-corrected chi connectivity index (χ1v) is 11.9. The van der Waals surface area contributed by atoms with Crippen molar-refractivity contribution < 1.29 is 31.9 Å². The van der Waals surface area contributed by atoms with Crippen LogP contribution in [0.3, 0.4) is 0 Å². The first-order valence-electron chi connectivity index (χ1n) is 11.9. The van der Waals surface area contributed by atoms with E-state index in [1.54, 1.807) is 60.5 Å². The topological polar surface area (TPSA) is 71.8 Å². The van der Waals surface area contributed by atoms with Crippen molar-refractivity contribution in [3.8, 4) is 17.1 Å². The van der Waals surface area contributed by atoms with Crippen molar-refractivity contribution in [2.24, 2.45) is 0 Å². The third kappa shape index (κ3) is 5.27. The lowest BCUT2D eigenvalue weighted by atomic mass is 10.1. The van der Waals surface area contributed by atoms with E-state index >= 15 is 0 Å². The fraction of sp³-hybridized carbons (Fsp3) is 0.172. The van der Waals surface area contributed by atoms with Gasteiger partial charge in [-0.25, -0.2) is 0 Å². The van der Waals surface area contributed by atoms with Crippen LogP contribution < -0.4 is 10.1 Å². The molecule has 4 aromatic rings. The number of hydrogen-bond acceptors (Lipinski definition) is 4. The average molecular weight is 521 g/mol. The second-order valence-corrected chi connectivity index (χ2v) is 8.87. The third-order valence-electron chi connectivity index (χ3n) is 6.37. The summed E-state index contributed by atoms with van der Waals surface area (Å²) in [6.07, 6.45) is -3.87. The Morgan fingerprint density at radius 2 is 1.68 bits per heavy atom. The molecule has 0 saturated carbocycles. The first-order chi connectivity index (χ1) is 18.2. The molecule has 2 heterocycles. The molecule has 0 radical (unpaired) electrons. The summed E-state index contributed by atoms with van der Waals surface area (Å²) in [6, 6.07) is 20.0. The molecule has 38 heavy (non-hydrogen) atoms. The summed E-state index contributed by atoms with van der Waals surface area (Å²) >= 11 is 0. The number of rotatable bonds is 5. The molecule has 0 unspecified atom stereocenters. The Bertz CT molecular complexity index is 1480. The number of amides is 2. The molecule has 194 valence electrons. The molecule has 5 rings (SSSR count). The summed E-state index contributed by atoms with van der Waals surface area (Å²) in [5.41, 5.74) is 2.08. The molecule has 0 bridgehead atoms. The molecule has 9 heteroatoms. The zero-order valence-electron chi connectivity index (χ0n) is 20.3. The summed E-state index contributed by atoms with van der Waals surface area (Å²) in [5, 5.41) is 2.68. The number of ether oxygens (including phenoxy) is 1. The predicted octanol–water partition coefficient (Wildman–Crippen LogP) is 6.42. The second kappa shape index (κ2) is 10.1. The quantitative estimate of drug-likeness (QED) is 0.330. The van der Waals surface area contributed by atoms with Gasteiger partial charge in [0.05, 0.1) is 12.7 Å². The largest absolute Gasteiger partial charge is 0.497 e. The lowest BCUT2D eigenvalue weighted by Crippen LogP contribution is -2.35. The lowest BCUT2D eigenvalue weighted by Gasteiger charge is -2.26. The van der Waals surface area contributed by atoms with Gasteiger partial charge in [0.25, 0.3) is 11.8 Å². The monoisotopic (exact) mass is 520 g/mol. The van der Waals surface area contributed by atoms with Crippen molar-refractivity contribution in [1.82, 2.24) is 4.90 Å². The van der Waals surface area contributed by atoms with E-state index in [2.05, 4.69) is 5.32 Å². The standard InChI is InChI=1S/C29H23F3N2O4/c1-37-24-4-2-3-20(15-24)28(36)34-14-13-25-21(17-34)16-26(38-25)18-7-11-23(12-8-18)33-27(35)19-5-9-22(10-6-19)29(30,31)32/h2-12,15-16H,13-14,17H2,1H3,(H,33,35). The van der Waals surface area contributed by atoms with Crippen molar-refractivity contribution in [2.45, 2.75) is 19.1 Å². The normalized spacial score (nSPS) is 13.1. The molecule has 3 aromatic carbocycles. The Hall–Kier alpha value is -4.53. The van der Waals surface area contributed by atoms with Gasteiger partial charge in [-0.05, 0) is 72.8 Å². The van der Waals surface area contributed by atoms with Crippen LogP contribution in [0.1, 0.15) is 37.6 Å². The number of anilines is 1. The Balaban J connectivity index is 1.25. The van der Waals surface area contributed by atoms with Crippen LogP contribution in [0.4, 0.5) is 18.9 Å². The van der Waals surface area contributed by atoms with Gasteiger partial charge < -0.3 is 19.4 Å². The van der Waals surface area contributed by atoms with Crippen LogP contribution in [-0.4, -0.2) is 30.4 Å². The van der Waals surface area contributed by atoms with Gasteiger partial charge in [0, 0.05) is 47.5 Å². The van der Waals surface area contributed by atoms with E-state index in [9.17, 15) is 22.8 Å². The van der Waals surface area contributed by atoms with Crippen LogP contribution in [0.25, 0.3) is 11.3 Å². The maximum Gasteiger partial charge on any atom is 0.416 e. The number of halogens is 3. The van der Waals surface area contributed by atoms with E-state index in [0.29, 0.717) is 42.3 Å². The minimum absolute atomic E-state index is 0.0783. The zero-order chi connectivity index (χ0) is 26.9. The maximum absolute atomic E-state index is 13.0. The molecule has 6 nitrogen and oxygen atoms in total. The van der Waals surface area contributed by atoms with Crippen molar-refractivity contribution in [2.75, 3.05) is 19.0 Å². The molecule has 0 saturated heterocycles. The summed E-state index contributed by atoms with van der Waals surface area (Å²) in [7, 11) is 1.56. The van der Waals surface area contributed by atoms with Gasteiger partial charge >= 0.3 is 6.18 Å². The van der Waals surface area contributed by atoms with Crippen LogP contribution in [0.5, 0.6) is 5.75 Å². The number of carbonyl (C=O) groups excluding carboxylic acids is 2. The molecule has 1 aliphatic heterocycles. The molecule has 2 amide bonds.